The van der Waals surface area contributed by atoms with Gasteiger partial charge >= 0.3 is 0 Å². The summed E-state index contributed by atoms with van der Waals surface area (Å²) >= 11 is 0. The number of pyridine rings is 2. The van der Waals surface area contributed by atoms with Crippen molar-refractivity contribution in [1.29, 1.82) is 0 Å². The molecule has 0 saturated heterocycles. The van der Waals surface area contributed by atoms with Crippen LogP contribution in [-0.4, -0.2) is 29.6 Å². The van der Waals surface area contributed by atoms with Crippen molar-refractivity contribution in [1.82, 2.24) is 15.3 Å². The van der Waals surface area contributed by atoms with Crippen molar-refractivity contribution < 1.29 is 0 Å². The molecule has 2 rings (SSSR count). The van der Waals surface area contributed by atoms with Crippen molar-refractivity contribution in [3.8, 4) is 0 Å². The van der Waals surface area contributed by atoms with E-state index in [4.69, 9.17) is 0 Å². The number of aromatic nitrogens is 2. The second kappa shape index (κ2) is 8.07. The predicted molar refractivity (Wildman–Crippen MR) is 83.2 cm³/mol. The van der Waals surface area contributed by atoms with Crippen LogP contribution in [0, 0.1) is 0 Å². The molecule has 0 spiro atoms. The molecule has 0 radical (unpaired) electrons. The minimum Gasteiger partial charge on any atom is -0.313 e. The normalized spacial score (nSPS) is 10.2. The van der Waals surface area contributed by atoms with Crippen molar-refractivity contribution >= 4 is 11.6 Å². The molecule has 2 aromatic rings. The first kappa shape index (κ1) is 14.2. The maximum absolute atomic E-state index is 4.42. The van der Waals surface area contributed by atoms with Crippen LogP contribution in [0.4, 0.5) is 11.6 Å². The highest BCUT2D eigenvalue weighted by molar-refractivity contribution is 5.55. The molecule has 2 aromatic heterocycles. The summed E-state index contributed by atoms with van der Waals surface area (Å²) in [6.45, 7) is 6.36. The Balaban J connectivity index is 2.03. The van der Waals surface area contributed by atoms with E-state index in [1.807, 2.05) is 42.5 Å². The van der Waals surface area contributed by atoms with Gasteiger partial charge in [0.05, 0.1) is 0 Å². The molecule has 2 heterocycles. The molecule has 0 bridgehead atoms. The highest BCUT2D eigenvalue weighted by Crippen LogP contribution is 2.20. The summed E-state index contributed by atoms with van der Waals surface area (Å²) in [7, 11) is 0. The van der Waals surface area contributed by atoms with Gasteiger partial charge in [-0.3, -0.25) is 0 Å². The zero-order chi connectivity index (χ0) is 14.0. The molecule has 0 aliphatic rings. The standard InChI is InChI=1S/C16H20N4/c1-2-10-17-11-7-14-20(15-8-3-5-12-18-15)16-9-4-6-13-19-16/h2-6,8-9,12-13,17H,1,7,10-11,14H2. The number of rotatable bonds is 8. The van der Waals surface area contributed by atoms with Crippen LogP contribution >= 0.6 is 0 Å². The Hall–Kier alpha value is -2.20. The summed E-state index contributed by atoms with van der Waals surface area (Å²) < 4.78 is 0. The number of anilines is 2. The molecule has 1 N–H and O–H groups in total. The maximum Gasteiger partial charge on any atom is 0.134 e. The fraction of sp³-hybridized carbons (Fsp3) is 0.250. The Morgan fingerprint density at radius 3 is 2.20 bits per heavy atom. The van der Waals surface area contributed by atoms with Gasteiger partial charge in [-0.1, -0.05) is 18.2 Å². The molecule has 0 fully saturated rings. The third-order valence-corrected chi connectivity index (χ3v) is 2.88. The van der Waals surface area contributed by atoms with Crippen LogP contribution in [0.2, 0.25) is 0 Å². The van der Waals surface area contributed by atoms with E-state index in [9.17, 15) is 0 Å². The first-order chi connectivity index (χ1) is 9.92. The average molecular weight is 268 g/mol. The molecule has 0 aliphatic carbocycles. The Kier molecular flexibility index (Phi) is 5.73. The molecule has 0 aromatic carbocycles. The van der Waals surface area contributed by atoms with E-state index in [-0.39, 0.29) is 0 Å². The molecule has 104 valence electrons. The van der Waals surface area contributed by atoms with Gasteiger partial charge in [0.25, 0.3) is 0 Å². The highest BCUT2D eigenvalue weighted by Gasteiger charge is 2.10. The number of nitrogens with one attached hydrogen (secondary N) is 1. The smallest absolute Gasteiger partial charge is 0.134 e. The van der Waals surface area contributed by atoms with Crippen LogP contribution < -0.4 is 10.2 Å². The van der Waals surface area contributed by atoms with E-state index < -0.39 is 0 Å². The fourth-order valence-electron chi connectivity index (χ4n) is 1.94. The molecule has 0 amide bonds. The predicted octanol–water partition coefficient (Wildman–Crippen LogP) is 2.78. The maximum atomic E-state index is 4.42. The quantitative estimate of drug-likeness (QED) is 0.590. The Morgan fingerprint density at radius 1 is 1.05 bits per heavy atom. The topological polar surface area (TPSA) is 41.0 Å². The van der Waals surface area contributed by atoms with Crippen molar-refractivity contribution in [2.75, 3.05) is 24.5 Å². The van der Waals surface area contributed by atoms with E-state index in [0.717, 1.165) is 37.7 Å². The van der Waals surface area contributed by atoms with Gasteiger partial charge in [-0.15, -0.1) is 6.58 Å². The van der Waals surface area contributed by atoms with Crippen LogP contribution in [0.3, 0.4) is 0 Å². The Bertz CT molecular complexity index is 459. The van der Waals surface area contributed by atoms with E-state index in [0.29, 0.717) is 0 Å². The Labute approximate surface area is 120 Å². The molecule has 20 heavy (non-hydrogen) atoms. The molecule has 0 unspecified atom stereocenters. The second-order valence-electron chi connectivity index (χ2n) is 4.37. The van der Waals surface area contributed by atoms with Gasteiger partial charge in [0.15, 0.2) is 0 Å². The van der Waals surface area contributed by atoms with Gasteiger partial charge in [-0.25, -0.2) is 9.97 Å². The van der Waals surface area contributed by atoms with Crippen LogP contribution in [0.25, 0.3) is 0 Å². The number of nitrogens with zero attached hydrogens (tertiary/aromatic N) is 3. The summed E-state index contributed by atoms with van der Waals surface area (Å²) in [5.74, 6) is 1.85. The Morgan fingerprint density at radius 2 is 1.70 bits per heavy atom. The van der Waals surface area contributed by atoms with Crippen molar-refractivity contribution in [2.24, 2.45) is 0 Å². The molecule has 4 heteroatoms. The lowest BCUT2D eigenvalue weighted by Crippen LogP contribution is -2.24. The van der Waals surface area contributed by atoms with Gasteiger partial charge in [0, 0.05) is 25.5 Å². The molecule has 4 nitrogen and oxygen atoms in total. The van der Waals surface area contributed by atoms with E-state index in [1.165, 1.54) is 0 Å². The summed E-state index contributed by atoms with van der Waals surface area (Å²) in [6.07, 6.45) is 6.50. The van der Waals surface area contributed by atoms with E-state index >= 15 is 0 Å². The molecular formula is C16H20N4. The van der Waals surface area contributed by atoms with Gasteiger partial charge in [-0.05, 0) is 37.2 Å². The summed E-state index contributed by atoms with van der Waals surface area (Å²) in [6, 6.07) is 11.8. The summed E-state index contributed by atoms with van der Waals surface area (Å²) in [4.78, 5) is 11.0. The lowest BCUT2D eigenvalue weighted by Gasteiger charge is -2.22. The van der Waals surface area contributed by atoms with Gasteiger partial charge in [0.1, 0.15) is 11.6 Å². The largest absolute Gasteiger partial charge is 0.313 e. The monoisotopic (exact) mass is 268 g/mol. The van der Waals surface area contributed by atoms with Crippen LogP contribution in [-0.2, 0) is 0 Å². The van der Waals surface area contributed by atoms with Crippen molar-refractivity contribution in [2.45, 2.75) is 6.42 Å². The van der Waals surface area contributed by atoms with Gasteiger partial charge < -0.3 is 10.2 Å². The summed E-state index contributed by atoms with van der Waals surface area (Å²) in [5, 5.41) is 3.31. The zero-order valence-electron chi connectivity index (χ0n) is 11.6. The zero-order valence-corrected chi connectivity index (χ0v) is 11.6. The third-order valence-electron chi connectivity index (χ3n) is 2.88. The van der Waals surface area contributed by atoms with Crippen LogP contribution in [0.1, 0.15) is 6.42 Å². The van der Waals surface area contributed by atoms with Crippen molar-refractivity contribution in [3.05, 3.63) is 61.4 Å². The summed E-state index contributed by atoms with van der Waals surface area (Å²) in [5.41, 5.74) is 0. The lowest BCUT2D eigenvalue weighted by atomic mass is 10.3. The third kappa shape index (κ3) is 4.17. The number of hydrogen-bond acceptors (Lipinski definition) is 4. The molecule has 0 aliphatic heterocycles. The van der Waals surface area contributed by atoms with Crippen LogP contribution in [0.5, 0.6) is 0 Å². The van der Waals surface area contributed by atoms with Crippen LogP contribution in [0.15, 0.2) is 61.4 Å². The van der Waals surface area contributed by atoms with Gasteiger partial charge in [0.2, 0.25) is 0 Å². The second-order valence-corrected chi connectivity index (χ2v) is 4.37. The first-order valence-corrected chi connectivity index (χ1v) is 6.83. The molecule has 0 atom stereocenters. The highest BCUT2D eigenvalue weighted by atomic mass is 15.2. The van der Waals surface area contributed by atoms with E-state index in [2.05, 4.69) is 26.8 Å². The molecule has 0 saturated carbocycles. The molecular weight excluding hydrogens is 248 g/mol. The first-order valence-electron chi connectivity index (χ1n) is 6.83. The lowest BCUT2D eigenvalue weighted by molar-refractivity contribution is 0.689. The van der Waals surface area contributed by atoms with E-state index in [1.54, 1.807) is 12.4 Å². The van der Waals surface area contributed by atoms with Gasteiger partial charge in [-0.2, -0.15) is 0 Å². The minimum atomic E-state index is 0.840. The number of hydrogen-bond donors (Lipinski definition) is 1. The minimum absolute atomic E-state index is 0.840. The average Bonchev–Trinajstić information content (AvgIpc) is 2.53. The fourth-order valence-corrected chi connectivity index (χ4v) is 1.94. The SMILES string of the molecule is C=CCNCCCN(c1ccccn1)c1ccccn1. The van der Waals surface area contributed by atoms with Crippen molar-refractivity contribution in [3.63, 3.8) is 0 Å².